The molecule has 0 spiro atoms. The van der Waals surface area contributed by atoms with Gasteiger partial charge in [0.2, 0.25) is 0 Å². The summed E-state index contributed by atoms with van der Waals surface area (Å²) >= 11 is 0. The van der Waals surface area contributed by atoms with Crippen LogP contribution in [0.2, 0.25) is 0 Å². The van der Waals surface area contributed by atoms with Gasteiger partial charge in [0.1, 0.15) is 0 Å². The summed E-state index contributed by atoms with van der Waals surface area (Å²) in [5.41, 5.74) is 3.12. The maximum Gasteiger partial charge on any atom is 0.257 e. The van der Waals surface area contributed by atoms with Crippen LogP contribution < -0.4 is 5.32 Å². The quantitative estimate of drug-likeness (QED) is 0.724. The van der Waals surface area contributed by atoms with Gasteiger partial charge in [-0.05, 0) is 17.7 Å². The SMILES string of the molecule is Cn1cccc1C1=NN(C(=O)CNCCN2CCOCC2)C(c2ccccc2)C1. The molecule has 1 amide bonds. The number of hydrazone groups is 1. The average Bonchev–Trinajstić information content (AvgIpc) is 3.39. The van der Waals surface area contributed by atoms with Crippen LogP contribution in [0, 0.1) is 0 Å². The highest BCUT2D eigenvalue weighted by Gasteiger charge is 2.33. The first-order valence-corrected chi connectivity index (χ1v) is 10.3. The topological polar surface area (TPSA) is 62.1 Å². The van der Waals surface area contributed by atoms with Crippen molar-refractivity contribution < 1.29 is 9.53 Å². The molecule has 1 unspecified atom stereocenters. The molecule has 0 aliphatic carbocycles. The number of morpholine rings is 1. The minimum absolute atomic E-state index is 0.00467. The highest BCUT2D eigenvalue weighted by atomic mass is 16.5. The van der Waals surface area contributed by atoms with E-state index in [1.165, 1.54) is 0 Å². The smallest absolute Gasteiger partial charge is 0.257 e. The summed E-state index contributed by atoms with van der Waals surface area (Å²) in [6.45, 7) is 5.51. The molecule has 0 radical (unpaired) electrons. The number of rotatable bonds is 7. The lowest BCUT2D eigenvalue weighted by Crippen LogP contribution is -2.42. The van der Waals surface area contributed by atoms with E-state index in [4.69, 9.17) is 9.84 Å². The van der Waals surface area contributed by atoms with Crippen molar-refractivity contribution in [2.75, 3.05) is 45.9 Å². The Balaban J connectivity index is 1.40. The third kappa shape index (κ3) is 4.75. The molecule has 1 aromatic heterocycles. The molecule has 2 aliphatic heterocycles. The summed E-state index contributed by atoms with van der Waals surface area (Å²) in [4.78, 5) is 15.4. The Morgan fingerprint density at radius 2 is 1.97 bits per heavy atom. The lowest BCUT2D eigenvalue weighted by atomic mass is 10.0. The summed E-state index contributed by atoms with van der Waals surface area (Å²) < 4.78 is 7.43. The Hall–Kier alpha value is -2.48. The van der Waals surface area contributed by atoms with Crippen LogP contribution in [-0.2, 0) is 16.6 Å². The van der Waals surface area contributed by atoms with E-state index in [9.17, 15) is 4.79 Å². The number of carbonyl (C=O) groups excluding carboxylic acids is 1. The monoisotopic (exact) mass is 395 g/mol. The van der Waals surface area contributed by atoms with Crippen molar-refractivity contribution in [3.63, 3.8) is 0 Å². The minimum Gasteiger partial charge on any atom is -0.379 e. The highest BCUT2D eigenvalue weighted by molar-refractivity contribution is 6.02. The molecule has 29 heavy (non-hydrogen) atoms. The zero-order valence-electron chi connectivity index (χ0n) is 17.0. The van der Waals surface area contributed by atoms with Crippen LogP contribution in [0.1, 0.15) is 23.7 Å². The largest absolute Gasteiger partial charge is 0.379 e. The molecule has 1 aromatic carbocycles. The van der Waals surface area contributed by atoms with Crippen LogP contribution in [-0.4, -0.2) is 72.0 Å². The van der Waals surface area contributed by atoms with Crippen LogP contribution in [0.25, 0.3) is 0 Å². The van der Waals surface area contributed by atoms with Crippen LogP contribution in [0.5, 0.6) is 0 Å². The molecule has 0 bridgehead atoms. The zero-order chi connectivity index (χ0) is 20.1. The van der Waals surface area contributed by atoms with Crippen molar-refractivity contribution in [3.05, 3.63) is 59.9 Å². The van der Waals surface area contributed by atoms with Gasteiger partial charge in [-0.25, -0.2) is 5.01 Å². The lowest BCUT2D eigenvalue weighted by Gasteiger charge is -2.26. The molecule has 1 N–H and O–H groups in total. The Bertz CT molecular complexity index is 842. The van der Waals surface area contributed by atoms with Gasteiger partial charge < -0.3 is 14.6 Å². The Kier molecular flexibility index (Phi) is 6.39. The molecule has 0 saturated carbocycles. The first-order chi connectivity index (χ1) is 14.2. The molecular weight excluding hydrogens is 366 g/mol. The van der Waals surface area contributed by atoms with Gasteiger partial charge in [0.25, 0.3) is 5.91 Å². The van der Waals surface area contributed by atoms with E-state index in [1.54, 1.807) is 5.01 Å². The molecule has 1 fully saturated rings. The van der Waals surface area contributed by atoms with E-state index in [2.05, 4.69) is 33.0 Å². The van der Waals surface area contributed by atoms with Gasteiger partial charge in [0.05, 0.1) is 37.2 Å². The van der Waals surface area contributed by atoms with Gasteiger partial charge in [0.15, 0.2) is 0 Å². The van der Waals surface area contributed by atoms with Crippen LogP contribution in [0.4, 0.5) is 0 Å². The third-order valence-electron chi connectivity index (χ3n) is 5.57. The standard InChI is InChI=1S/C22H29N5O2/c1-25-10-5-8-20(25)19-16-21(18-6-3-2-4-7-18)27(24-19)22(28)17-23-9-11-26-12-14-29-15-13-26/h2-8,10,21,23H,9,11-17H2,1H3. The maximum absolute atomic E-state index is 13.0. The average molecular weight is 396 g/mol. The van der Waals surface area contributed by atoms with E-state index < -0.39 is 0 Å². The van der Waals surface area contributed by atoms with Gasteiger partial charge in [-0.15, -0.1) is 0 Å². The number of nitrogens with one attached hydrogen (secondary N) is 1. The van der Waals surface area contributed by atoms with Gasteiger partial charge in [0, 0.05) is 45.8 Å². The van der Waals surface area contributed by atoms with Gasteiger partial charge in [-0.3, -0.25) is 9.69 Å². The van der Waals surface area contributed by atoms with Gasteiger partial charge in [-0.2, -0.15) is 5.10 Å². The molecule has 1 atom stereocenters. The van der Waals surface area contributed by atoms with Gasteiger partial charge >= 0.3 is 0 Å². The highest BCUT2D eigenvalue weighted by Crippen LogP contribution is 2.32. The van der Waals surface area contributed by atoms with Crippen LogP contribution in [0.3, 0.4) is 0 Å². The van der Waals surface area contributed by atoms with E-state index in [-0.39, 0.29) is 18.5 Å². The van der Waals surface area contributed by atoms with Crippen LogP contribution in [0.15, 0.2) is 53.8 Å². The normalized spacial score (nSPS) is 20.1. The van der Waals surface area contributed by atoms with E-state index in [1.807, 2.05) is 37.5 Å². The zero-order valence-corrected chi connectivity index (χ0v) is 17.0. The van der Waals surface area contributed by atoms with Crippen molar-refractivity contribution in [3.8, 4) is 0 Å². The first kappa shape index (κ1) is 19.8. The number of nitrogens with zero attached hydrogens (tertiary/aromatic N) is 4. The van der Waals surface area contributed by atoms with Crippen molar-refractivity contribution in [1.29, 1.82) is 0 Å². The molecule has 7 nitrogen and oxygen atoms in total. The minimum atomic E-state index is -0.0605. The van der Waals surface area contributed by atoms with Crippen molar-refractivity contribution in [2.45, 2.75) is 12.5 Å². The second kappa shape index (κ2) is 9.35. The molecule has 3 heterocycles. The predicted octanol–water partition coefficient (Wildman–Crippen LogP) is 1.62. The summed E-state index contributed by atoms with van der Waals surface area (Å²) in [5.74, 6) is 0.00467. The number of hydrogen-bond acceptors (Lipinski definition) is 5. The second-order valence-corrected chi connectivity index (χ2v) is 7.55. The van der Waals surface area contributed by atoms with E-state index in [0.29, 0.717) is 0 Å². The number of hydrogen-bond donors (Lipinski definition) is 1. The summed E-state index contributed by atoms with van der Waals surface area (Å²) in [6, 6.07) is 14.2. The number of ether oxygens (including phenoxy) is 1. The Morgan fingerprint density at radius 3 is 2.69 bits per heavy atom. The number of aryl methyl sites for hydroxylation is 1. The lowest BCUT2D eigenvalue weighted by molar-refractivity contribution is -0.132. The molecule has 7 heteroatoms. The maximum atomic E-state index is 13.0. The molecule has 154 valence electrons. The molecule has 4 rings (SSSR count). The number of carbonyl (C=O) groups is 1. The summed E-state index contributed by atoms with van der Waals surface area (Å²) in [5, 5.41) is 9.69. The fraction of sp³-hybridized carbons (Fsp3) is 0.455. The third-order valence-corrected chi connectivity index (χ3v) is 5.57. The second-order valence-electron chi connectivity index (χ2n) is 7.55. The predicted molar refractivity (Wildman–Crippen MR) is 113 cm³/mol. The fourth-order valence-corrected chi connectivity index (χ4v) is 3.93. The molecule has 2 aromatic rings. The first-order valence-electron chi connectivity index (χ1n) is 10.3. The number of aromatic nitrogens is 1. The molecule has 2 aliphatic rings. The fourth-order valence-electron chi connectivity index (χ4n) is 3.93. The molecular formula is C22H29N5O2. The number of amides is 1. The van der Waals surface area contributed by atoms with Crippen molar-refractivity contribution >= 4 is 11.6 Å². The Morgan fingerprint density at radius 1 is 1.17 bits per heavy atom. The van der Waals surface area contributed by atoms with Crippen molar-refractivity contribution in [2.24, 2.45) is 12.1 Å². The van der Waals surface area contributed by atoms with Gasteiger partial charge in [-0.1, -0.05) is 30.3 Å². The summed E-state index contributed by atoms with van der Waals surface area (Å²) in [7, 11) is 2.01. The van der Waals surface area contributed by atoms with E-state index >= 15 is 0 Å². The summed E-state index contributed by atoms with van der Waals surface area (Å²) in [6.07, 6.45) is 2.73. The Labute approximate surface area is 171 Å². The number of benzene rings is 1. The van der Waals surface area contributed by atoms with E-state index in [0.717, 1.165) is 62.8 Å². The molecule has 1 saturated heterocycles. The van der Waals surface area contributed by atoms with Crippen molar-refractivity contribution in [1.82, 2.24) is 19.8 Å². The van der Waals surface area contributed by atoms with Crippen LogP contribution >= 0.6 is 0 Å².